The predicted octanol–water partition coefficient (Wildman–Crippen LogP) is 2.40. The molecule has 0 spiro atoms. The number of aliphatic carboxylic acids is 1. The molecule has 1 saturated carbocycles. The number of aromatic hydroxyl groups is 1. The number of hydrogen-bond acceptors (Lipinski definition) is 5. The summed E-state index contributed by atoms with van der Waals surface area (Å²) >= 11 is 0. The highest BCUT2D eigenvalue weighted by atomic mass is 16.4. The van der Waals surface area contributed by atoms with Gasteiger partial charge in [0, 0.05) is 23.2 Å². The van der Waals surface area contributed by atoms with E-state index in [0.717, 1.165) is 13.0 Å². The number of carbonyl (C=O) groups excluding carboxylic acids is 2. The number of nitrogens with one attached hydrogen (secondary N) is 3. The molecule has 0 unspecified atom stereocenters. The van der Waals surface area contributed by atoms with Gasteiger partial charge in [0.05, 0.1) is 12.5 Å². The van der Waals surface area contributed by atoms with E-state index < -0.39 is 29.7 Å². The Bertz CT molecular complexity index is 831. The van der Waals surface area contributed by atoms with Crippen molar-refractivity contribution in [3.05, 3.63) is 29.3 Å². The summed E-state index contributed by atoms with van der Waals surface area (Å²) in [5, 5.41) is 28.5. The molecule has 1 aromatic rings. The van der Waals surface area contributed by atoms with E-state index in [1.54, 1.807) is 6.07 Å². The lowest BCUT2D eigenvalue weighted by molar-refractivity contribution is -0.144. The van der Waals surface area contributed by atoms with E-state index in [0.29, 0.717) is 29.9 Å². The maximum Gasteiger partial charge on any atom is 0.308 e. The molecule has 0 saturated heterocycles. The van der Waals surface area contributed by atoms with Crippen molar-refractivity contribution in [1.29, 1.82) is 0 Å². The Balaban J connectivity index is 1.92. The zero-order valence-corrected chi connectivity index (χ0v) is 19.7. The number of amides is 2. The van der Waals surface area contributed by atoms with Gasteiger partial charge in [0.2, 0.25) is 5.91 Å². The predicted molar refractivity (Wildman–Crippen MR) is 123 cm³/mol. The summed E-state index contributed by atoms with van der Waals surface area (Å²) in [4.78, 5) is 36.7. The minimum absolute atomic E-state index is 0.116. The number of hydrogen-bond donors (Lipinski definition) is 5. The Kier molecular flexibility index (Phi) is 8.66. The average Bonchev–Trinajstić information content (AvgIpc) is 2.70. The van der Waals surface area contributed by atoms with Crippen LogP contribution >= 0.6 is 0 Å². The van der Waals surface area contributed by atoms with Crippen LogP contribution in [0.3, 0.4) is 0 Å². The molecule has 5 N–H and O–H groups in total. The molecule has 32 heavy (non-hydrogen) atoms. The first-order valence-corrected chi connectivity index (χ1v) is 11.3. The van der Waals surface area contributed by atoms with Gasteiger partial charge < -0.3 is 26.2 Å². The van der Waals surface area contributed by atoms with Gasteiger partial charge in [0.15, 0.2) is 0 Å². The molecule has 8 nitrogen and oxygen atoms in total. The molecule has 0 heterocycles. The van der Waals surface area contributed by atoms with Crippen LogP contribution in [0.2, 0.25) is 0 Å². The third-order valence-corrected chi connectivity index (χ3v) is 5.80. The number of carbonyl (C=O) groups is 3. The largest absolute Gasteiger partial charge is 0.508 e. The second-order valence-electron chi connectivity index (χ2n) is 10.1. The van der Waals surface area contributed by atoms with Crippen LogP contribution in [0.15, 0.2) is 18.2 Å². The topological polar surface area (TPSA) is 128 Å². The molecule has 0 aromatic heterocycles. The Morgan fingerprint density at radius 1 is 1.16 bits per heavy atom. The summed E-state index contributed by atoms with van der Waals surface area (Å²) in [6, 6.07) is 4.25. The highest BCUT2D eigenvalue weighted by Crippen LogP contribution is 2.31. The fourth-order valence-electron chi connectivity index (χ4n) is 4.00. The molecule has 178 valence electrons. The minimum Gasteiger partial charge on any atom is -0.508 e. The van der Waals surface area contributed by atoms with Crippen molar-refractivity contribution in [3.63, 3.8) is 0 Å². The van der Waals surface area contributed by atoms with Crippen molar-refractivity contribution < 1.29 is 24.6 Å². The van der Waals surface area contributed by atoms with Gasteiger partial charge in [-0.3, -0.25) is 14.4 Å². The standard InChI is InChI=1S/C24H37N3O5/c1-14(2)12-25-16-7-8-19(17(11-16)23(31)32)27-21(29)13-26-22(30)15-6-9-20(28)18(10-15)24(3,4)5/h6,9-10,14,16-17,19,25,28H,7-8,11-13H2,1-5H3,(H,26,30)(H,27,29)(H,31,32)/t16-,17-,19+/m1/s1. The van der Waals surface area contributed by atoms with Crippen molar-refractivity contribution in [2.45, 2.75) is 71.4 Å². The molecule has 3 atom stereocenters. The summed E-state index contributed by atoms with van der Waals surface area (Å²) < 4.78 is 0. The highest BCUT2D eigenvalue weighted by Gasteiger charge is 2.36. The molecular weight excluding hydrogens is 410 g/mol. The normalized spacial score (nSPS) is 21.2. The number of phenolic OH excluding ortho intramolecular Hbond substituents is 1. The molecule has 0 radical (unpaired) electrons. The third-order valence-electron chi connectivity index (χ3n) is 5.80. The van der Waals surface area contributed by atoms with Gasteiger partial charge in [-0.2, -0.15) is 0 Å². The summed E-state index contributed by atoms with van der Waals surface area (Å²) in [6.07, 6.45) is 1.82. The number of carboxylic acid groups (broad SMARTS) is 1. The van der Waals surface area contributed by atoms with Crippen LogP contribution in [0.1, 0.15) is 69.8 Å². The maximum absolute atomic E-state index is 12.5. The van der Waals surface area contributed by atoms with Crippen LogP contribution in [0.5, 0.6) is 5.75 Å². The Morgan fingerprint density at radius 2 is 1.84 bits per heavy atom. The molecular formula is C24H37N3O5. The first-order chi connectivity index (χ1) is 14.9. The molecule has 1 aliphatic rings. The first-order valence-electron chi connectivity index (χ1n) is 11.3. The molecule has 0 bridgehead atoms. The Labute approximate surface area is 190 Å². The monoisotopic (exact) mass is 447 g/mol. The van der Waals surface area contributed by atoms with E-state index in [4.69, 9.17) is 0 Å². The Morgan fingerprint density at radius 3 is 2.44 bits per heavy atom. The van der Waals surface area contributed by atoms with E-state index in [-0.39, 0.29) is 23.8 Å². The van der Waals surface area contributed by atoms with Crippen molar-refractivity contribution >= 4 is 17.8 Å². The molecule has 8 heteroatoms. The van der Waals surface area contributed by atoms with E-state index in [9.17, 15) is 24.6 Å². The second kappa shape index (κ2) is 10.8. The van der Waals surface area contributed by atoms with Crippen molar-refractivity contribution in [2.75, 3.05) is 13.1 Å². The van der Waals surface area contributed by atoms with Gasteiger partial charge in [-0.15, -0.1) is 0 Å². The van der Waals surface area contributed by atoms with Crippen molar-refractivity contribution in [1.82, 2.24) is 16.0 Å². The van der Waals surface area contributed by atoms with Crippen LogP contribution in [-0.4, -0.2) is 53.2 Å². The summed E-state index contributed by atoms with van der Waals surface area (Å²) in [7, 11) is 0. The number of benzene rings is 1. The van der Waals surface area contributed by atoms with Gasteiger partial charge in [-0.25, -0.2) is 0 Å². The first kappa shape index (κ1) is 25.6. The van der Waals surface area contributed by atoms with Crippen molar-refractivity contribution in [2.24, 2.45) is 11.8 Å². The number of rotatable bonds is 8. The van der Waals surface area contributed by atoms with Crippen LogP contribution in [-0.2, 0) is 15.0 Å². The quantitative estimate of drug-likeness (QED) is 0.416. The molecule has 1 aromatic carbocycles. The van der Waals surface area contributed by atoms with E-state index in [1.807, 2.05) is 20.8 Å². The lowest BCUT2D eigenvalue weighted by Crippen LogP contribution is -2.52. The van der Waals surface area contributed by atoms with Crippen LogP contribution in [0.25, 0.3) is 0 Å². The van der Waals surface area contributed by atoms with Crippen LogP contribution in [0.4, 0.5) is 0 Å². The van der Waals surface area contributed by atoms with E-state index in [2.05, 4.69) is 29.8 Å². The second-order valence-corrected chi connectivity index (χ2v) is 10.1. The minimum atomic E-state index is -0.922. The molecule has 2 amide bonds. The Hall–Kier alpha value is -2.61. The molecule has 1 aliphatic carbocycles. The average molecular weight is 448 g/mol. The van der Waals surface area contributed by atoms with Crippen molar-refractivity contribution in [3.8, 4) is 5.75 Å². The summed E-state index contributed by atoms with van der Waals surface area (Å²) in [6.45, 7) is 10.6. The molecule has 2 rings (SSSR count). The van der Waals surface area contributed by atoms with E-state index >= 15 is 0 Å². The van der Waals surface area contributed by atoms with E-state index in [1.165, 1.54) is 12.1 Å². The smallest absolute Gasteiger partial charge is 0.308 e. The number of carboxylic acids is 1. The van der Waals surface area contributed by atoms with Crippen LogP contribution in [0, 0.1) is 11.8 Å². The van der Waals surface area contributed by atoms with Crippen LogP contribution < -0.4 is 16.0 Å². The lowest BCUT2D eigenvalue weighted by atomic mass is 9.81. The zero-order chi connectivity index (χ0) is 24.1. The van der Waals surface area contributed by atoms with Gasteiger partial charge in [-0.1, -0.05) is 34.6 Å². The zero-order valence-electron chi connectivity index (χ0n) is 19.7. The van der Waals surface area contributed by atoms with Gasteiger partial charge in [-0.05, 0) is 55.3 Å². The third kappa shape index (κ3) is 7.22. The number of phenols is 1. The summed E-state index contributed by atoms with van der Waals surface area (Å²) in [5.74, 6) is -1.84. The highest BCUT2D eigenvalue weighted by molar-refractivity contribution is 5.97. The maximum atomic E-state index is 12.5. The van der Waals surface area contributed by atoms with Gasteiger partial charge >= 0.3 is 5.97 Å². The molecule has 1 fully saturated rings. The van der Waals surface area contributed by atoms with Gasteiger partial charge in [0.1, 0.15) is 5.75 Å². The summed E-state index contributed by atoms with van der Waals surface area (Å²) in [5.41, 5.74) is 0.648. The fourth-order valence-corrected chi connectivity index (χ4v) is 4.00. The SMILES string of the molecule is CC(C)CN[C@@H]1CC[C@H](NC(=O)CNC(=O)c2ccc(O)c(C(C)(C)C)c2)[C@H](C(=O)O)C1. The lowest BCUT2D eigenvalue weighted by Gasteiger charge is -2.35. The fraction of sp³-hybridized carbons (Fsp3) is 0.625. The van der Waals surface area contributed by atoms with Gasteiger partial charge in [0.25, 0.3) is 5.91 Å². The molecule has 0 aliphatic heterocycles.